The van der Waals surface area contributed by atoms with Gasteiger partial charge >= 0.3 is 0 Å². The summed E-state index contributed by atoms with van der Waals surface area (Å²) in [7, 11) is 1.52. The molecule has 3 aliphatic rings. The Balaban J connectivity index is 2.19. The number of Topliss-reactive ketones (excluding diaryl/α,β-unsaturated/α-hetero) is 2. The zero-order chi connectivity index (χ0) is 18.5. The van der Waals surface area contributed by atoms with Gasteiger partial charge in [-0.2, -0.15) is 0 Å². The van der Waals surface area contributed by atoms with E-state index in [4.69, 9.17) is 4.74 Å². The van der Waals surface area contributed by atoms with Crippen LogP contribution in [-0.2, 0) is 14.3 Å². The number of hydrogen-bond donors (Lipinski definition) is 0. The Labute approximate surface area is 151 Å². The molecule has 0 radical (unpaired) electrons. The molecule has 25 heavy (non-hydrogen) atoms. The Kier molecular flexibility index (Phi) is 4.72. The first-order valence-electron chi connectivity index (χ1n) is 9.73. The lowest BCUT2D eigenvalue weighted by molar-refractivity contribution is -0.154. The predicted molar refractivity (Wildman–Crippen MR) is 98.9 cm³/mol. The fourth-order valence-corrected chi connectivity index (χ4v) is 6.32. The lowest BCUT2D eigenvalue weighted by Gasteiger charge is -2.53. The van der Waals surface area contributed by atoms with Gasteiger partial charge in [0.15, 0.2) is 11.5 Å². The molecule has 138 valence electrons. The fourth-order valence-electron chi connectivity index (χ4n) is 6.32. The van der Waals surface area contributed by atoms with Crippen LogP contribution < -0.4 is 0 Å². The first kappa shape index (κ1) is 18.4. The molecule has 0 unspecified atom stereocenters. The van der Waals surface area contributed by atoms with Crippen LogP contribution in [0.2, 0.25) is 0 Å². The number of allylic oxidation sites excluding steroid dienone is 4. The van der Waals surface area contributed by atoms with Crippen molar-refractivity contribution in [3.05, 3.63) is 23.0 Å². The van der Waals surface area contributed by atoms with Gasteiger partial charge < -0.3 is 4.74 Å². The summed E-state index contributed by atoms with van der Waals surface area (Å²) in [5, 5.41) is 0. The third-order valence-corrected chi connectivity index (χ3v) is 7.24. The minimum atomic E-state index is -0.508. The maximum absolute atomic E-state index is 13.7. The van der Waals surface area contributed by atoms with E-state index in [-0.39, 0.29) is 29.3 Å². The van der Waals surface area contributed by atoms with Crippen LogP contribution in [0.5, 0.6) is 0 Å². The van der Waals surface area contributed by atoms with Gasteiger partial charge in [-0.25, -0.2) is 0 Å². The monoisotopic (exact) mass is 344 g/mol. The molecule has 0 N–H and O–H groups in total. The van der Waals surface area contributed by atoms with Gasteiger partial charge in [0.25, 0.3) is 0 Å². The molecule has 3 nitrogen and oxygen atoms in total. The van der Waals surface area contributed by atoms with Gasteiger partial charge in [-0.05, 0) is 70.1 Å². The fraction of sp³-hybridized carbons (Fsp3) is 0.727. The molecule has 3 heteroatoms. The van der Waals surface area contributed by atoms with Gasteiger partial charge in [-0.3, -0.25) is 9.59 Å². The van der Waals surface area contributed by atoms with Crippen molar-refractivity contribution >= 4 is 11.6 Å². The van der Waals surface area contributed by atoms with E-state index in [1.807, 2.05) is 0 Å². The van der Waals surface area contributed by atoms with Crippen molar-refractivity contribution in [3.8, 4) is 0 Å². The molecule has 3 aliphatic carbocycles. The number of carbonyl (C=O) groups excluding carboxylic acids is 2. The van der Waals surface area contributed by atoms with Crippen molar-refractivity contribution in [2.24, 2.45) is 35.0 Å². The largest absolute Gasteiger partial charge is 0.493 e. The molecule has 0 saturated heterocycles. The van der Waals surface area contributed by atoms with Crippen molar-refractivity contribution in [1.29, 1.82) is 0 Å². The molecule has 1 spiro atoms. The van der Waals surface area contributed by atoms with Crippen LogP contribution >= 0.6 is 0 Å². The summed E-state index contributed by atoms with van der Waals surface area (Å²) in [5.41, 5.74) is 1.33. The van der Waals surface area contributed by atoms with Crippen LogP contribution in [0.1, 0.15) is 60.3 Å². The van der Waals surface area contributed by atoms with Crippen LogP contribution in [0.3, 0.4) is 0 Å². The highest BCUT2D eigenvalue weighted by Crippen LogP contribution is 2.66. The summed E-state index contributed by atoms with van der Waals surface area (Å²) >= 11 is 0. The summed E-state index contributed by atoms with van der Waals surface area (Å²) in [6.45, 7) is 10.4. The zero-order valence-electron chi connectivity index (χ0n) is 16.5. The second-order valence-corrected chi connectivity index (χ2v) is 8.85. The van der Waals surface area contributed by atoms with Gasteiger partial charge in [-0.1, -0.05) is 25.5 Å². The van der Waals surface area contributed by atoms with E-state index < -0.39 is 5.41 Å². The minimum absolute atomic E-state index is 0.0769. The summed E-state index contributed by atoms with van der Waals surface area (Å²) in [6.07, 6.45) is 6.31. The van der Waals surface area contributed by atoms with Crippen LogP contribution in [0, 0.1) is 35.0 Å². The number of rotatable bonds is 3. The molecule has 2 fully saturated rings. The lowest BCUT2D eigenvalue weighted by atomic mass is 9.48. The van der Waals surface area contributed by atoms with Crippen molar-refractivity contribution in [2.75, 3.05) is 7.11 Å². The molecular formula is C22H32O3. The van der Waals surface area contributed by atoms with E-state index in [9.17, 15) is 9.59 Å². The van der Waals surface area contributed by atoms with Crippen LogP contribution in [0.15, 0.2) is 23.0 Å². The van der Waals surface area contributed by atoms with Crippen LogP contribution in [0.25, 0.3) is 0 Å². The van der Waals surface area contributed by atoms with Crippen molar-refractivity contribution in [1.82, 2.24) is 0 Å². The molecule has 0 aliphatic heterocycles. The zero-order valence-corrected chi connectivity index (χ0v) is 16.5. The van der Waals surface area contributed by atoms with Crippen LogP contribution in [-0.4, -0.2) is 18.7 Å². The number of ether oxygens (including phenoxy) is 1. The summed E-state index contributed by atoms with van der Waals surface area (Å²) in [4.78, 5) is 27.0. The van der Waals surface area contributed by atoms with E-state index >= 15 is 0 Å². The van der Waals surface area contributed by atoms with Crippen LogP contribution in [0.4, 0.5) is 0 Å². The van der Waals surface area contributed by atoms with E-state index in [1.165, 1.54) is 12.7 Å². The third kappa shape index (κ3) is 2.45. The topological polar surface area (TPSA) is 43.4 Å². The highest BCUT2D eigenvalue weighted by Gasteiger charge is 2.67. The Morgan fingerprint density at radius 2 is 1.88 bits per heavy atom. The Morgan fingerprint density at radius 3 is 2.48 bits per heavy atom. The number of hydrogen-bond acceptors (Lipinski definition) is 3. The molecule has 0 aromatic carbocycles. The normalized spacial score (nSPS) is 40.6. The quantitative estimate of drug-likeness (QED) is 0.696. The predicted octanol–water partition coefficient (Wildman–Crippen LogP) is 4.72. The average molecular weight is 344 g/mol. The highest BCUT2D eigenvalue weighted by molar-refractivity contribution is 6.15. The first-order chi connectivity index (χ1) is 11.8. The van der Waals surface area contributed by atoms with E-state index in [1.54, 1.807) is 6.92 Å². The van der Waals surface area contributed by atoms with Gasteiger partial charge in [0.2, 0.25) is 5.78 Å². The van der Waals surface area contributed by atoms with Gasteiger partial charge in [0, 0.05) is 11.5 Å². The standard InChI is InChI=1S/C22H32O3/c1-12(2)7-9-16-11-14(4)17-10-8-13(3)18-19(23)20(25-6)15(5)21(24)22(16,17)18/h7,13-14,16-18H,8-11H2,1-6H3/t13-,14-,16+,17+,18+,22+/m1/s1. The summed E-state index contributed by atoms with van der Waals surface area (Å²) in [5.74, 6) is 1.71. The molecule has 0 aromatic rings. The van der Waals surface area contributed by atoms with Gasteiger partial charge in [0.05, 0.1) is 12.5 Å². The van der Waals surface area contributed by atoms with E-state index in [0.717, 1.165) is 25.7 Å². The smallest absolute Gasteiger partial charge is 0.202 e. The Morgan fingerprint density at radius 1 is 1.20 bits per heavy atom. The van der Waals surface area contributed by atoms with E-state index in [0.29, 0.717) is 23.2 Å². The number of carbonyl (C=O) groups is 2. The third-order valence-electron chi connectivity index (χ3n) is 7.24. The molecule has 2 saturated carbocycles. The second-order valence-electron chi connectivity index (χ2n) is 8.85. The molecule has 0 amide bonds. The number of ketones is 2. The molecule has 3 rings (SSSR count). The molecule has 0 heterocycles. The minimum Gasteiger partial charge on any atom is -0.493 e. The molecule has 0 aromatic heterocycles. The average Bonchev–Trinajstić information content (AvgIpc) is 2.84. The van der Waals surface area contributed by atoms with E-state index in [2.05, 4.69) is 33.8 Å². The van der Waals surface area contributed by atoms with Crippen molar-refractivity contribution in [3.63, 3.8) is 0 Å². The van der Waals surface area contributed by atoms with Crippen molar-refractivity contribution in [2.45, 2.75) is 60.3 Å². The maximum Gasteiger partial charge on any atom is 0.202 e. The SMILES string of the molecule is COC1=C(C)C(=O)[C@@]23[C@@H](CC=C(C)C)C[C@@H](C)[C@@H]2CC[C@@H](C)[C@H]3C1=O. The maximum atomic E-state index is 13.7. The summed E-state index contributed by atoms with van der Waals surface area (Å²) in [6, 6.07) is 0. The second kappa shape index (κ2) is 6.41. The molecular weight excluding hydrogens is 312 g/mol. The summed E-state index contributed by atoms with van der Waals surface area (Å²) < 4.78 is 5.39. The van der Waals surface area contributed by atoms with Gasteiger partial charge in [0.1, 0.15) is 0 Å². The van der Waals surface area contributed by atoms with Gasteiger partial charge in [-0.15, -0.1) is 0 Å². The Hall–Kier alpha value is -1.38. The Bertz CT molecular complexity index is 652. The highest BCUT2D eigenvalue weighted by atomic mass is 16.5. The molecule has 6 atom stereocenters. The lowest BCUT2D eigenvalue weighted by Crippen LogP contribution is -2.58. The van der Waals surface area contributed by atoms with Crippen molar-refractivity contribution < 1.29 is 14.3 Å². The first-order valence-corrected chi connectivity index (χ1v) is 9.73. The number of methoxy groups -OCH3 is 1. The molecule has 0 bridgehead atoms.